The van der Waals surface area contributed by atoms with Crippen LogP contribution < -0.4 is 10.6 Å². The molecule has 26 heavy (non-hydrogen) atoms. The Bertz CT molecular complexity index is 862. The number of carbonyl (C=O) groups excluding carboxylic acids is 2. The van der Waals surface area contributed by atoms with Crippen molar-refractivity contribution in [2.24, 2.45) is 0 Å². The number of carbonyl (C=O) groups is 2. The van der Waals surface area contributed by atoms with Crippen LogP contribution in [0.1, 0.15) is 23.5 Å². The van der Waals surface area contributed by atoms with Gasteiger partial charge >= 0.3 is 6.55 Å². The molecule has 0 aliphatic rings. The van der Waals surface area contributed by atoms with Crippen molar-refractivity contribution in [2.45, 2.75) is 26.8 Å². The van der Waals surface area contributed by atoms with E-state index in [-0.39, 0.29) is 23.5 Å². The van der Waals surface area contributed by atoms with Crippen molar-refractivity contribution in [3.63, 3.8) is 0 Å². The van der Waals surface area contributed by atoms with Crippen LogP contribution in [0.4, 0.5) is 24.5 Å². The fourth-order valence-corrected chi connectivity index (χ4v) is 2.39. The molecule has 0 spiro atoms. The van der Waals surface area contributed by atoms with Gasteiger partial charge in [-0.15, -0.1) is 0 Å². The highest BCUT2D eigenvalue weighted by atomic mass is 19.3. The van der Waals surface area contributed by atoms with E-state index < -0.39 is 24.2 Å². The minimum Gasteiger partial charge on any atom is -0.326 e. The normalized spacial score (nSPS) is 10.7. The maximum absolute atomic E-state index is 13.7. The van der Waals surface area contributed by atoms with Crippen molar-refractivity contribution in [3.05, 3.63) is 53.6 Å². The number of alkyl halides is 2. The molecule has 0 fully saturated rings. The van der Waals surface area contributed by atoms with Gasteiger partial charge in [-0.3, -0.25) is 9.59 Å². The molecule has 6 nitrogen and oxygen atoms in total. The molecule has 2 N–H and O–H groups in total. The Balaban J connectivity index is 2.15. The molecule has 1 aromatic carbocycles. The SMILES string of the molecule is C=CC(=O)Nc1cc(NC(=O)Cc2c(C)nn(C(F)F)c2C)ccc1F. The maximum atomic E-state index is 13.7. The molecule has 0 saturated carbocycles. The summed E-state index contributed by atoms with van der Waals surface area (Å²) in [6, 6.07) is 3.65. The summed E-state index contributed by atoms with van der Waals surface area (Å²) >= 11 is 0. The van der Waals surface area contributed by atoms with Gasteiger partial charge in [-0.2, -0.15) is 13.9 Å². The lowest BCUT2D eigenvalue weighted by Gasteiger charge is -2.09. The van der Waals surface area contributed by atoms with Crippen molar-refractivity contribution in [1.82, 2.24) is 9.78 Å². The molecule has 0 radical (unpaired) electrons. The average Bonchev–Trinajstić information content (AvgIpc) is 2.86. The van der Waals surface area contributed by atoms with Gasteiger partial charge in [0.25, 0.3) is 0 Å². The Morgan fingerprint density at radius 1 is 1.31 bits per heavy atom. The molecule has 2 amide bonds. The van der Waals surface area contributed by atoms with E-state index in [0.717, 1.165) is 12.1 Å². The third-order valence-electron chi connectivity index (χ3n) is 3.69. The number of nitrogens with zero attached hydrogens (tertiary/aromatic N) is 2. The maximum Gasteiger partial charge on any atom is 0.333 e. The first-order valence-electron chi connectivity index (χ1n) is 7.58. The van der Waals surface area contributed by atoms with Crippen LogP contribution in [0.25, 0.3) is 0 Å². The van der Waals surface area contributed by atoms with Gasteiger partial charge in [0, 0.05) is 16.9 Å². The molecule has 1 heterocycles. The minimum atomic E-state index is -2.79. The van der Waals surface area contributed by atoms with E-state index in [0.29, 0.717) is 15.9 Å². The highest BCUT2D eigenvalue weighted by Crippen LogP contribution is 2.22. The van der Waals surface area contributed by atoms with Crippen LogP contribution in [0, 0.1) is 19.7 Å². The van der Waals surface area contributed by atoms with E-state index in [2.05, 4.69) is 22.3 Å². The third-order valence-corrected chi connectivity index (χ3v) is 3.69. The summed E-state index contributed by atoms with van der Waals surface area (Å²) in [7, 11) is 0. The minimum absolute atomic E-state index is 0.120. The van der Waals surface area contributed by atoms with Crippen LogP contribution in [0.2, 0.25) is 0 Å². The number of benzene rings is 1. The van der Waals surface area contributed by atoms with E-state index in [4.69, 9.17) is 0 Å². The van der Waals surface area contributed by atoms with Crippen LogP contribution in [0.15, 0.2) is 30.9 Å². The fraction of sp³-hybridized carbons (Fsp3) is 0.235. The van der Waals surface area contributed by atoms with Crippen LogP contribution in [-0.4, -0.2) is 21.6 Å². The topological polar surface area (TPSA) is 76.0 Å². The zero-order valence-corrected chi connectivity index (χ0v) is 14.1. The van der Waals surface area contributed by atoms with Crippen molar-refractivity contribution in [2.75, 3.05) is 10.6 Å². The monoisotopic (exact) mass is 366 g/mol. The second kappa shape index (κ2) is 7.85. The van der Waals surface area contributed by atoms with E-state index >= 15 is 0 Å². The summed E-state index contributed by atoms with van der Waals surface area (Å²) in [6.45, 7) is 3.47. The molecule has 0 bridgehead atoms. The highest BCUT2D eigenvalue weighted by molar-refractivity contribution is 6.00. The Hall–Kier alpha value is -3.10. The number of rotatable bonds is 6. The van der Waals surface area contributed by atoms with Gasteiger partial charge in [0.05, 0.1) is 17.8 Å². The summed E-state index contributed by atoms with van der Waals surface area (Å²) in [6.07, 6.45) is 0.813. The van der Waals surface area contributed by atoms with Gasteiger partial charge < -0.3 is 10.6 Å². The summed E-state index contributed by atoms with van der Waals surface area (Å²) in [5.41, 5.74) is 1.05. The predicted octanol–water partition coefficient (Wildman–Crippen LogP) is 3.34. The van der Waals surface area contributed by atoms with Gasteiger partial charge in [-0.1, -0.05) is 6.58 Å². The van der Waals surface area contributed by atoms with E-state index in [1.807, 2.05) is 0 Å². The zero-order chi connectivity index (χ0) is 19.4. The van der Waals surface area contributed by atoms with Crippen molar-refractivity contribution in [1.29, 1.82) is 0 Å². The number of aryl methyl sites for hydroxylation is 1. The molecule has 1 aromatic heterocycles. The second-order valence-electron chi connectivity index (χ2n) is 5.48. The average molecular weight is 366 g/mol. The van der Waals surface area contributed by atoms with Gasteiger partial charge in [0.15, 0.2) is 0 Å². The number of amides is 2. The van der Waals surface area contributed by atoms with Gasteiger partial charge in [0.1, 0.15) is 5.82 Å². The lowest BCUT2D eigenvalue weighted by atomic mass is 10.1. The molecule has 0 aliphatic carbocycles. The quantitative estimate of drug-likeness (QED) is 0.770. The molecule has 138 valence electrons. The van der Waals surface area contributed by atoms with Gasteiger partial charge in [0.2, 0.25) is 11.8 Å². The van der Waals surface area contributed by atoms with Crippen molar-refractivity contribution in [3.8, 4) is 0 Å². The molecule has 0 unspecified atom stereocenters. The highest BCUT2D eigenvalue weighted by Gasteiger charge is 2.19. The lowest BCUT2D eigenvalue weighted by Crippen LogP contribution is -2.16. The Labute approximate surface area is 147 Å². The van der Waals surface area contributed by atoms with Gasteiger partial charge in [-0.05, 0) is 38.1 Å². The van der Waals surface area contributed by atoms with Crippen LogP contribution >= 0.6 is 0 Å². The number of nitrogens with one attached hydrogen (secondary N) is 2. The lowest BCUT2D eigenvalue weighted by molar-refractivity contribution is -0.115. The third kappa shape index (κ3) is 4.29. The standard InChI is InChI=1S/C17H17F3N4O2/c1-4-15(25)22-14-7-11(5-6-13(14)18)21-16(26)8-12-9(2)23-24(10(12)3)17(19)20/h4-7,17H,1,8H2,2-3H3,(H,21,26)(H,22,25). The molecular formula is C17H17F3N4O2. The summed E-state index contributed by atoms with van der Waals surface area (Å²) in [4.78, 5) is 23.5. The summed E-state index contributed by atoms with van der Waals surface area (Å²) < 4.78 is 39.9. The molecule has 0 saturated heterocycles. The second-order valence-corrected chi connectivity index (χ2v) is 5.48. The molecule has 2 rings (SSSR count). The summed E-state index contributed by atoms with van der Waals surface area (Å²) in [5, 5.41) is 8.53. The number of aromatic nitrogens is 2. The van der Waals surface area contributed by atoms with Gasteiger partial charge in [-0.25, -0.2) is 9.07 Å². The van der Waals surface area contributed by atoms with E-state index in [9.17, 15) is 22.8 Å². The number of hydrogen-bond donors (Lipinski definition) is 2. The van der Waals surface area contributed by atoms with Crippen molar-refractivity contribution < 1.29 is 22.8 Å². The number of halogens is 3. The molecular weight excluding hydrogens is 349 g/mol. The van der Waals surface area contributed by atoms with Crippen LogP contribution in [-0.2, 0) is 16.0 Å². The molecule has 2 aromatic rings. The first kappa shape index (κ1) is 19.2. The Kier molecular flexibility index (Phi) is 5.81. The largest absolute Gasteiger partial charge is 0.333 e. The summed E-state index contributed by atoms with van der Waals surface area (Å²) in [5.74, 6) is -1.77. The van der Waals surface area contributed by atoms with E-state index in [1.54, 1.807) is 0 Å². The Morgan fingerprint density at radius 2 is 2.00 bits per heavy atom. The van der Waals surface area contributed by atoms with E-state index in [1.165, 1.54) is 26.0 Å². The fourth-order valence-electron chi connectivity index (χ4n) is 2.39. The number of anilines is 2. The number of hydrogen-bond acceptors (Lipinski definition) is 3. The first-order valence-corrected chi connectivity index (χ1v) is 7.58. The molecule has 0 aliphatic heterocycles. The molecule has 9 heteroatoms. The molecule has 0 atom stereocenters. The van der Waals surface area contributed by atoms with Crippen LogP contribution in [0.5, 0.6) is 0 Å². The van der Waals surface area contributed by atoms with Crippen LogP contribution in [0.3, 0.4) is 0 Å². The zero-order valence-electron chi connectivity index (χ0n) is 14.1. The Morgan fingerprint density at radius 3 is 2.58 bits per heavy atom. The first-order chi connectivity index (χ1) is 12.2. The smallest absolute Gasteiger partial charge is 0.326 e. The van der Waals surface area contributed by atoms with Crippen molar-refractivity contribution >= 4 is 23.2 Å². The predicted molar refractivity (Wildman–Crippen MR) is 90.5 cm³/mol.